The van der Waals surface area contributed by atoms with Gasteiger partial charge >= 0.3 is 0 Å². The van der Waals surface area contributed by atoms with Gasteiger partial charge in [0.05, 0.1) is 0 Å². The van der Waals surface area contributed by atoms with Crippen molar-refractivity contribution in [3.05, 3.63) is 30.1 Å². The maximum absolute atomic E-state index is 4.28. The molecule has 0 saturated carbocycles. The minimum atomic E-state index is 0.116. The average Bonchev–Trinajstić information content (AvgIpc) is 2.62. The molecule has 0 aliphatic heterocycles. The topological polar surface area (TPSA) is 40.7 Å². The van der Waals surface area contributed by atoms with Gasteiger partial charge in [-0.3, -0.25) is 0 Å². The van der Waals surface area contributed by atoms with E-state index < -0.39 is 0 Å². The Labute approximate surface area is 89.9 Å². The second-order valence-electron chi connectivity index (χ2n) is 4.52. The zero-order chi connectivity index (χ0) is 10.9. The number of nitrogens with zero attached hydrogens (tertiary/aromatic N) is 1. The molecule has 0 saturated heterocycles. The lowest BCUT2D eigenvalue weighted by Gasteiger charge is -2.23. The molecule has 0 bridgehead atoms. The molecule has 15 heavy (non-hydrogen) atoms. The van der Waals surface area contributed by atoms with Gasteiger partial charge in [-0.2, -0.15) is 0 Å². The van der Waals surface area contributed by atoms with Crippen molar-refractivity contribution in [1.82, 2.24) is 15.3 Å². The van der Waals surface area contributed by atoms with Crippen LogP contribution in [0.4, 0.5) is 0 Å². The summed E-state index contributed by atoms with van der Waals surface area (Å²) in [6.45, 7) is 4.39. The molecule has 3 heteroatoms. The van der Waals surface area contributed by atoms with Crippen molar-refractivity contribution < 1.29 is 0 Å². The van der Waals surface area contributed by atoms with E-state index in [2.05, 4.69) is 41.4 Å². The van der Waals surface area contributed by atoms with Crippen LogP contribution in [0.2, 0.25) is 0 Å². The van der Waals surface area contributed by atoms with Crippen LogP contribution in [0, 0.1) is 0 Å². The second kappa shape index (κ2) is 3.66. The number of aromatic nitrogens is 2. The predicted octanol–water partition coefficient (Wildman–Crippen LogP) is 2.10. The Kier molecular flexibility index (Phi) is 2.49. The number of likely N-dealkylation sites (N-methyl/N-ethyl adjacent to an activating group) is 1. The van der Waals surface area contributed by atoms with Crippen LogP contribution in [0.15, 0.2) is 24.5 Å². The molecule has 0 aliphatic rings. The Bertz CT molecular complexity index is 457. The molecule has 2 heterocycles. The Hall–Kier alpha value is -1.35. The van der Waals surface area contributed by atoms with Gasteiger partial charge in [0.15, 0.2) is 0 Å². The van der Waals surface area contributed by atoms with Crippen LogP contribution in [0.25, 0.3) is 11.0 Å². The van der Waals surface area contributed by atoms with Gasteiger partial charge in [-0.1, -0.05) is 0 Å². The molecule has 2 rings (SSSR count). The number of fused-ring (bicyclic) bond motifs is 1. The Morgan fingerprint density at radius 3 is 3.00 bits per heavy atom. The summed E-state index contributed by atoms with van der Waals surface area (Å²) in [5.41, 5.74) is 2.40. The zero-order valence-electron chi connectivity index (χ0n) is 9.46. The average molecular weight is 203 g/mol. The standard InChI is InChI=1S/C12H17N3/c1-12(2,13-3)7-9-8-15-11-10(9)5-4-6-14-11/h4-6,8,13H,7H2,1-3H3,(H,14,15). The monoisotopic (exact) mass is 203 g/mol. The summed E-state index contributed by atoms with van der Waals surface area (Å²) in [6, 6.07) is 4.09. The van der Waals surface area contributed by atoms with Crippen LogP contribution in [-0.2, 0) is 6.42 Å². The van der Waals surface area contributed by atoms with Crippen LogP contribution in [0.1, 0.15) is 19.4 Å². The van der Waals surface area contributed by atoms with E-state index in [9.17, 15) is 0 Å². The molecular weight excluding hydrogens is 186 g/mol. The molecule has 2 N–H and O–H groups in total. The molecule has 0 fully saturated rings. The number of hydrogen-bond donors (Lipinski definition) is 2. The van der Waals surface area contributed by atoms with Gasteiger partial charge < -0.3 is 10.3 Å². The van der Waals surface area contributed by atoms with Crippen molar-refractivity contribution in [2.75, 3.05) is 7.05 Å². The fraction of sp³-hybridized carbons (Fsp3) is 0.417. The van der Waals surface area contributed by atoms with Crippen molar-refractivity contribution in [1.29, 1.82) is 0 Å². The molecule has 0 amide bonds. The number of hydrogen-bond acceptors (Lipinski definition) is 2. The molecule has 0 spiro atoms. The van der Waals surface area contributed by atoms with Crippen molar-refractivity contribution in [3.63, 3.8) is 0 Å². The highest BCUT2D eigenvalue weighted by Gasteiger charge is 2.17. The zero-order valence-corrected chi connectivity index (χ0v) is 9.46. The SMILES string of the molecule is CNC(C)(C)Cc1c[nH]c2ncccc12. The van der Waals surface area contributed by atoms with Crippen LogP contribution in [0.3, 0.4) is 0 Å². The van der Waals surface area contributed by atoms with E-state index in [1.54, 1.807) is 0 Å². The third-order valence-corrected chi connectivity index (χ3v) is 2.85. The molecule has 0 aromatic carbocycles. The predicted molar refractivity (Wildman–Crippen MR) is 62.9 cm³/mol. The largest absolute Gasteiger partial charge is 0.346 e. The van der Waals surface area contributed by atoms with Crippen LogP contribution in [0.5, 0.6) is 0 Å². The maximum Gasteiger partial charge on any atom is 0.137 e. The third-order valence-electron chi connectivity index (χ3n) is 2.85. The van der Waals surface area contributed by atoms with E-state index in [0.717, 1.165) is 12.1 Å². The number of aromatic amines is 1. The lowest BCUT2D eigenvalue weighted by Crippen LogP contribution is -2.38. The molecule has 2 aromatic heterocycles. The van der Waals surface area contributed by atoms with Gasteiger partial charge in [-0.15, -0.1) is 0 Å². The Balaban J connectivity index is 2.37. The first-order valence-corrected chi connectivity index (χ1v) is 5.22. The highest BCUT2D eigenvalue weighted by Crippen LogP contribution is 2.20. The van der Waals surface area contributed by atoms with Gasteiger partial charge in [0.25, 0.3) is 0 Å². The van der Waals surface area contributed by atoms with E-state index >= 15 is 0 Å². The van der Waals surface area contributed by atoms with E-state index in [-0.39, 0.29) is 5.54 Å². The molecule has 0 aliphatic carbocycles. The number of H-pyrrole nitrogens is 1. The van der Waals surface area contributed by atoms with Gasteiger partial charge in [-0.25, -0.2) is 4.98 Å². The van der Waals surface area contributed by atoms with Crippen molar-refractivity contribution >= 4 is 11.0 Å². The minimum Gasteiger partial charge on any atom is -0.346 e. The maximum atomic E-state index is 4.28. The van der Waals surface area contributed by atoms with E-state index in [1.165, 1.54) is 10.9 Å². The fourth-order valence-corrected chi connectivity index (χ4v) is 1.72. The van der Waals surface area contributed by atoms with E-state index in [4.69, 9.17) is 0 Å². The Morgan fingerprint density at radius 2 is 2.27 bits per heavy atom. The minimum absolute atomic E-state index is 0.116. The molecule has 3 nitrogen and oxygen atoms in total. The summed E-state index contributed by atoms with van der Waals surface area (Å²) in [5.74, 6) is 0. The smallest absolute Gasteiger partial charge is 0.137 e. The molecule has 2 aromatic rings. The highest BCUT2D eigenvalue weighted by atomic mass is 14.9. The molecular formula is C12H17N3. The normalized spacial score (nSPS) is 12.2. The fourth-order valence-electron chi connectivity index (χ4n) is 1.72. The van der Waals surface area contributed by atoms with Gasteiger partial charge in [0.1, 0.15) is 5.65 Å². The van der Waals surface area contributed by atoms with E-state index in [0.29, 0.717) is 0 Å². The first-order chi connectivity index (χ1) is 7.12. The second-order valence-corrected chi connectivity index (χ2v) is 4.52. The van der Waals surface area contributed by atoms with Crippen LogP contribution in [-0.4, -0.2) is 22.6 Å². The first-order valence-electron chi connectivity index (χ1n) is 5.22. The van der Waals surface area contributed by atoms with Gasteiger partial charge in [0.2, 0.25) is 0 Å². The number of nitrogens with one attached hydrogen (secondary N) is 2. The summed E-state index contributed by atoms with van der Waals surface area (Å²) in [5, 5.41) is 4.53. The lowest BCUT2D eigenvalue weighted by molar-refractivity contribution is 0.423. The first kappa shape index (κ1) is 10.2. The Morgan fingerprint density at radius 1 is 1.47 bits per heavy atom. The van der Waals surface area contributed by atoms with Crippen LogP contribution < -0.4 is 5.32 Å². The lowest BCUT2D eigenvalue weighted by atomic mass is 9.95. The number of rotatable bonds is 3. The summed E-state index contributed by atoms with van der Waals surface area (Å²) < 4.78 is 0. The quantitative estimate of drug-likeness (QED) is 0.802. The summed E-state index contributed by atoms with van der Waals surface area (Å²) in [6.07, 6.45) is 4.86. The third kappa shape index (κ3) is 2.02. The van der Waals surface area contributed by atoms with Gasteiger partial charge in [0, 0.05) is 23.3 Å². The van der Waals surface area contributed by atoms with Crippen molar-refractivity contribution in [3.8, 4) is 0 Å². The molecule has 80 valence electrons. The van der Waals surface area contributed by atoms with Crippen LogP contribution >= 0.6 is 0 Å². The van der Waals surface area contributed by atoms with Crippen molar-refractivity contribution in [2.45, 2.75) is 25.8 Å². The molecule has 0 unspecified atom stereocenters. The van der Waals surface area contributed by atoms with Crippen molar-refractivity contribution in [2.24, 2.45) is 0 Å². The van der Waals surface area contributed by atoms with E-state index in [1.807, 2.05) is 19.3 Å². The summed E-state index contributed by atoms with van der Waals surface area (Å²) in [4.78, 5) is 7.48. The molecule has 0 atom stereocenters. The molecule has 0 radical (unpaired) electrons. The van der Waals surface area contributed by atoms with Gasteiger partial charge in [-0.05, 0) is 45.0 Å². The number of pyridine rings is 1. The highest BCUT2D eigenvalue weighted by molar-refractivity contribution is 5.79. The summed E-state index contributed by atoms with van der Waals surface area (Å²) in [7, 11) is 1.99. The summed E-state index contributed by atoms with van der Waals surface area (Å²) >= 11 is 0.